The molecule has 15 saturated heterocycles. The lowest BCUT2D eigenvalue weighted by molar-refractivity contribution is -0.169. The predicted octanol–water partition coefficient (Wildman–Crippen LogP) is 6.25. The van der Waals surface area contributed by atoms with Crippen molar-refractivity contribution in [1.29, 1.82) is 0 Å². The van der Waals surface area contributed by atoms with Gasteiger partial charge in [0, 0.05) is 51.2 Å². The highest BCUT2D eigenvalue weighted by Crippen LogP contribution is 2.44. The summed E-state index contributed by atoms with van der Waals surface area (Å²) in [4.78, 5) is 12.6. The Balaban J connectivity index is 0.0000000973. The van der Waals surface area contributed by atoms with Gasteiger partial charge in [0.15, 0.2) is 0 Å². The summed E-state index contributed by atoms with van der Waals surface area (Å²) in [6.45, 7) is 27.3. The van der Waals surface area contributed by atoms with Gasteiger partial charge in [0.2, 0.25) is 0 Å². The van der Waals surface area contributed by atoms with Crippen LogP contribution in [-0.2, 0) is 47.4 Å². The number of aliphatic hydroxyl groups is 1. The number of nitrogens with zero attached hydrogens (tertiary/aromatic N) is 5. The van der Waals surface area contributed by atoms with Crippen molar-refractivity contribution in [2.45, 2.75) is 316 Å². The molecule has 0 aromatic carbocycles. The number of hydrogen-bond acceptors (Lipinski definition) is 16. The second kappa shape index (κ2) is 22.7. The summed E-state index contributed by atoms with van der Waals surface area (Å²) < 4.78 is 60.0. The van der Waals surface area contributed by atoms with E-state index in [-0.39, 0.29) is 48.9 Å². The third-order valence-electron chi connectivity index (χ3n) is 19.4. The molecule has 27 unspecified atom stereocenters. The summed E-state index contributed by atoms with van der Waals surface area (Å²) in [5, 5.41) is 10.0. The van der Waals surface area contributed by atoms with E-state index in [1.165, 1.54) is 84.0 Å². The Hall–Kier alpha value is 0.0900. The van der Waals surface area contributed by atoms with Crippen molar-refractivity contribution in [3.8, 4) is 0 Å². The molecule has 27 atom stereocenters. The van der Waals surface area contributed by atoms with Crippen LogP contribution in [0.5, 0.6) is 0 Å². The maximum Gasteiger partial charge on any atom is 0.111 e. The monoisotopic (exact) mass is 1130 g/mol. The van der Waals surface area contributed by atoms with E-state index in [1.807, 2.05) is 6.92 Å². The fourth-order valence-corrected chi connectivity index (χ4v) is 17.4. The van der Waals surface area contributed by atoms with Gasteiger partial charge >= 0.3 is 0 Å². The summed E-state index contributed by atoms with van der Waals surface area (Å²) in [6, 6.07) is 2.61. The minimum absolute atomic E-state index is 0.0472. The Morgan fingerprint density at radius 1 is 0.347 bits per heavy atom. The van der Waals surface area contributed by atoms with Crippen LogP contribution in [0.1, 0.15) is 153 Å². The van der Waals surface area contributed by atoms with Gasteiger partial charge < -0.3 is 52.5 Å². The molecule has 0 aromatic rings. The number of hydrogen-bond donors (Lipinski definition) is 1. The smallest absolute Gasteiger partial charge is 0.111 e. The SMILES string of the molecule is CC1CC2C(OC3CCCN32)C(C)O1.CC1CC2C(OC3CCCN32)C(C)O1.CC1CC2OC3CCCN3C2C(C)O1.CC1OC(C)C2C(OC3CCCN32)C1O.CC1OC(C)C2OC3CCCN3C2C1I. The maximum atomic E-state index is 10.0. The summed E-state index contributed by atoms with van der Waals surface area (Å²) in [5.74, 6) is 0. The van der Waals surface area contributed by atoms with E-state index >= 15 is 0 Å². The third-order valence-corrected chi connectivity index (χ3v) is 21.2. The number of rotatable bonds is 0. The van der Waals surface area contributed by atoms with Crippen LogP contribution in [0.15, 0.2) is 0 Å². The molecule has 15 rings (SSSR count). The lowest BCUT2D eigenvalue weighted by Crippen LogP contribution is -2.57. The average Bonchev–Trinajstić information content (AvgIpc) is 4.16. The number of ether oxygens (including phenoxy) is 10. The summed E-state index contributed by atoms with van der Waals surface area (Å²) in [5.41, 5.74) is 0. The third kappa shape index (κ3) is 10.5. The average molecular weight is 1130 g/mol. The zero-order chi connectivity index (χ0) is 50.3. The molecule has 412 valence electrons. The van der Waals surface area contributed by atoms with Crippen molar-refractivity contribution in [2.75, 3.05) is 32.7 Å². The van der Waals surface area contributed by atoms with E-state index in [0.717, 1.165) is 32.2 Å². The first-order chi connectivity index (χ1) is 34.6. The van der Waals surface area contributed by atoms with Crippen molar-refractivity contribution in [3.63, 3.8) is 0 Å². The van der Waals surface area contributed by atoms with Gasteiger partial charge in [-0.3, -0.25) is 24.5 Å². The van der Waals surface area contributed by atoms with Crippen molar-refractivity contribution in [3.05, 3.63) is 0 Å². The fraction of sp³-hybridized carbons (Fsp3) is 1.00. The van der Waals surface area contributed by atoms with Crippen LogP contribution in [0.25, 0.3) is 0 Å². The van der Waals surface area contributed by atoms with Gasteiger partial charge in [-0.2, -0.15) is 0 Å². The van der Waals surface area contributed by atoms with Crippen LogP contribution in [0.3, 0.4) is 0 Å². The Morgan fingerprint density at radius 2 is 0.722 bits per heavy atom. The van der Waals surface area contributed by atoms with Gasteiger partial charge in [0.05, 0.1) is 89.2 Å². The van der Waals surface area contributed by atoms with Crippen LogP contribution in [0.4, 0.5) is 0 Å². The Morgan fingerprint density at radius 3 is 1.26 bits per heavy atom. The molecule has 15 heterocycles. The molecule has 0 aliphatic carbocycles. The number of alkyl halides is 1. The first kappa shape index (κ1) is 54.1. The Bertz CT molecular complexity index is 1750. The van der Waals surface area contributed by atoms with Crippen LogP contribution in [0, 0.1) is 0 Å². The van der Waals surface area contributed by atoms with E-state index in [1.54, 1.807) is 0 Å². The van der Waals surface area contributed by atoms with Gasteiger partial charge in [-0.05, 0) is 146 Å². The minimum Gasteiger partial charge on any atom is -0.388 e. The first-order valence-corrected chi connectivity index (χ1v) is 30.5. The number of aliphatic hydroxyl groups excluding tert-OH is 1. The molecule has 15 fully saturated rings. The van der Waals surface area contributed by atoms with Crippen LogP contribution in [0.2, 0.25) is 0 Å². The van der Waals surface area contributed by atoms with Crippen molar-refractivity contribution >= 4 is 22.6 Å². The van der Waals surface area contributed by atoms with Crippen molar-refractivity contribution < 1.29 is 52.5 Å². The van der Waals surface area contributed by atoms with Gasteiger partial charge in [0.1, 0.15) is 61.7 Å². The molecule has 15 aliphatic rings. The highest BCUT2D eigenvalue weighted by Gasteiger charge is 2.56. The molecule has 15 aliphatic heterocycles. The summed E-state index contributed by atoms with van der Waals surface area (Å²) in [7, 11) is 0. The fourth-order valence-electron chi connectivity index (χ4n) is 16.4. The van der Waals surface area contributed by atoms with Gasteiger partial charge in [-0.15, -0.1) is 0 Å². The molecule has 0 aromatic heterocycles. The zero-order valence-corrected chi connectivity index (χ0v) is 47.6. The molecule has 0 amide bonds. The van der Waals surface area contributed by atoms with Crippen LogP contribution >= 0.6 is 22.6 Å². The Labute approximate surface area is 445 Å². The summed E-state index contributed by atoms with van der Waals surface area (Å²) in [6.07, 6.45) is 21.1. The number of fused-ring (bicyclic) bond motifs is 15. The molecule has 0 radical (unpaired) electrons. The largest absolute Gasteiger partial charge is 0.388 e. The second-order valence-electron chi connectivity index (χ2n) is 24.5. The van der Waals surface area contributed by atoms with E-state index in [2.05, 4.69) is 109 Å². The standard InChI is InChI=1S/C11H18INO2.C11H19NO3.3C11H19NO2/c1-6-9(12)10-11(7(2)14-6)15-8-4-3-5-13(8)10;1-6-9-11(10(13)7(2)14-6)15-8-4-3-5-12(8)9;1-7-6-9-11(8(2)13-7)12-5-3-4-10(12)14-9;2*1-7-6-9-11(8(2)13-7)14-10-4-3-5-12(9)10/h6-11H,3-5H2,1-2H3;6-11,13H,3-5H2,1-2H3;3*7-11H,3-6H2,1-2H3. The highest BCUT2D eigenvalue weighted by molar-refractivity contribution is 14.1. The van der Waals surface area contributed by atoms with E-state index < -0.39 is 6.10 Å². The van der Waals surface area contributed by atoms with Crippen molar-refractivity contribution in [2.24, 2.45) is 0 Å². The molecule has 17 heteroatoms. The molecule has 72 heavy (non-hydrogen) atoms. The topological polar surface area (TPSA) is 129 Å². The van der Waals surface area contributed by atoms with E-state index in [9.17, 15) is 5.11 Å². The normalized spacial score (nSPS) is 54.1. The lowest BCUT2D eigenvalue weighted by atomic mass is 9.94. The predicted molar refractivity (Wildman–Crippen MR) is 280 cm³/mol. The molecular weight excluding hydrogens is 1030 g/mol. The van der Waals surface area contributed by atoms with Crippen molar-refractivity contribution in [1.82, 2.24) is 24.5 Å². The quantitative estimate of drug-likeness (QED) is 0.217. The summed E-state index contributed by atoms with van der Waals surface area (Å²) >= 11 is 2.54. The highest BCUT2D eigenvalue weighted by atomic mass is 127. The zero-order valence-electron chi connectivity index (χ0n) is 45.5. The minimum atomic E-state index is -0.475. The van der Waals surface area contributed by atoms with Crippen LogP contribution in [-0.4, -0.2) is 225 Å². The van der Waals surface area contributed by atoms with Crippen LogP contribution < -0.4 is 0 Å². The van der Waals surface area contributed by atoms with Gasteiger partial charge in [0.25, 0.3) is 0 Å². The van der Waals surface area contributed by atoms with E-state index in [0.29, 0.717) is 108 Å². The molecule has 1 N–H and O–H groups in total. The molecule has 0 saturated carbocycles. The molecular formula is C55H94IN5O11. The molecule has 16 nitrogen and oxygen atoms in total. The number of halogens is 1. The first-order valence-electron chi connectivity index (χ1n) is 29.3. The molecule has 0 spiro atoms. The second-order valence-corrected chi connectivity index (χ2v) is 26.0. The van der Waals surface area contributed by atoms with Gasteiger partial charge in [-0.25, -0.2) is 0 Å². The Kier molecular flexibility index (Phi) is 17.0. The maximum absolute atomic E-state index is 10.0. The van der Waals surface area contributed by atoms with Gasteiger partial charge in [-0.1, -0.05) is 22.6 Å². The molecule has 0 bridgehead atoms. The lowest BCUT2D eigenvalue weighted by Gasteiger charge is -2.40. The van der Waals surface area contributed by atoms with E-state index in [4.69, 9.17) is 47.4 Å².